The summed E-state index contributed by atoms with van der Waals surface area (Å²) in [6, 6.07) is 0. The van der Waals surface area contributed by atoms with Crippen LogP contribution in [0.1, 0.15) is 24.4 Å². The van der Waals surface area contributed by atoms with E-state index in [1.54, 1.807) is 11.3 Å². The number of aromatic nitrogens is 1. The Morgan fingerprint density at radius 3 is 2.64 bits per heavy atom. The van der Waals surface area contributed by atoms with Gasteiger partial charge >= 0.3 is 0 Å². The summed E-state index contributed by atoms with van der Waals surface area (Å²) in [4.78, 5) is 5.43. The summed E-state index contributed by atoms with van der Waals surface area (Å²) in [5, 5.41) is 0. The summed E-state index contributed by atoms with van der Waals surface area (Å²) >= 11 is 1.66. The fraction of sp³-hybridized carbons (Fsp3) is 0.222. The van der Waals surface area contributed by atoms with Crippen LogP contribution in [-0.4, -0.2) is 4.98 Å². The van der Waals surface area contributed by atoms with Gasteiger partial charge in [0.15, 0.2) is 0 Å². The third kappa shape index (κ3) is 2.02. The zero-order valence-electron chi connectivity index (χ0n) is 6.74. The average Bonchev–Trinajstić information content (AvgIpc) is 2.39. The van der Waals surface area contributed by atoms with Gasteiger partial charge in [-0.2, -0.15) is 0 Å². The van der Waals surface area contributed by atoms with Gasteiger partial charge in [-0.1, -0.05) is 12.2 Å². The van der Waals surface area contributed by atoms with E-state index in [1.165, 1.54) is 4.88 Å². The topological polar surface area (TPSA) is 12.9 Å². The molecule has 0 atom stereocenters. The molecular formula is C9H11NS. The van der Waals surface area contributed by atoms with E-state index >= 15 is 0 Å². The molecule has 0 aliphatic heterocycles. The van der Waals surface area contributed by atoms with Gasteiger partial charge in [0, 0.05) is 0 Å². The maximum Gasteiger partial charge on any atom is 0.0808 e. The molecule has 0 spiro atoms. The second kappa shape index (κ2) is 4.09. The van der Waals surface area contributed by atoms with E-state index in [-0.39, 0.29) is 0 Å². The monoisotopic (exact) mass is 165 g/mol. The molecule has 11 heavy (non-hydrogen) atoms. The molecule has 0 N–H and O–H groups in total. The van der Waals surface area contributed by atoms with Crippen molar-refractivity contribution in [2.75, 3.05) is 0 Å². The first-order valence-electron chi connectivity index (χ1n) is 3.57. The fourth-order valence-corrected chi connectivity index (χ4v) is 1.56. The first-order chi connectivity index (χ1) is 5.38. The van der Waals surface area contributed by atoms with Gasteiger partial charge in [0.2, 0.25) is 0 Å². The maximum atomic E-state index is 4.20. The molecule has 0 amide bonds. The molecule has 1 aromatic rings. The lowest BCUT2D eigenvalue weighted by Gasteiger charge is -1.86. The van der Waals surface area contributed by atoms with Crippen LogP contribution in [0.2, 0.25) is 0 Å². The van der Waals surface area contributed by atoms with Gasteiger partial charge in [0.05, 0.1) is 16.1 Å². The quantitative estimate of drug-likeness (QED) is 0.655. The van der Waals surface area contributed by atoms with Gasteiger partial charge in [0.1, 0.15) is 0 Å². The number of rotatable bonds is 2. The standard InChI is InChI=1S/C9H11NS/c1-3-5-8-9(6-4-2)11-7-10-8/h3-7H,1-2H3/b5-3-,6-4-. The molecule has 0 aliphatic carbocycles. The highest BCUT2D eigenvalue weighted by atomic mass is 32.1. The summed E-state index contributed by atoms with van der Waals surface area (Å²) in [5.74, 6) is 0. The van der Waals surface area contributed by atoms with Gasteiger partial charge < -0.3 is 0 Å². The number of allylic oxidation sites excluding steroid dienone is 2. The van der Waals surface area contributed by atoms with Crippen molar-refractivity contribution in [1.29, 1.82) is 0 Å². The maximum absolute atomic E-state index is 4.20. The van der Waals surface area contributed by atoms with Gasteiger partial charge in [-0.3, -0.25) is 0 Å². The minimum absolute atomic E-state index is 1.07. The fourth-order valence-electron chi connectivity index (χ4n) is 0.823. The summed E-state index contributed by atoms with van der Waals surface area (Å²) in [7, 11) is 0. The van der Waals surface area contributed by atoms with Crippen molar-refractivity contribution in [1.82, 2.24) is 4.98 Å². The van der Waals surface area contributed by atoms with E-state index < -0.39 is 0 Å². The largest absolute Gasteiger partial charge is 0.245 e. The Hall–Kier alpha value is -0.890. The predicted octanol–water partition coefficient (Wildman–Crippen LogP) is 3.21. The van der Waals surface area contributed by atoms with E-state index in [0.29, 0.717) is 0 Å². The molecule has 0 bridgehead atoms. The zero-order chi connectivity index (χ0) is 8.10. The van der Waals surface area contributed by atoms with Crippen LogP contribution in [0.25, 0.3) is 12.2 Å². The molecule has 0 aliphatic rings. The Bertz CT molecular complexity index is 244. The molecule has 1 rings (SSSR count). The molecule has 1 aromatic heterocycles. The van der Waals surface area contributed by atoms with Gasteiger partial charge in [-0.25, -0.2) is 4.98 Å². The molecule has 0 saturated heterocycles. The Balaban J connectivity index is 2.95. The normalized spacial score (nSPS) is 11.8. The summed E-state index contributed by atoms with van der Waals surface area (Å²) in [5.41, 5.74) is 2.93. The van der Waals surface area contributed by atoms with Crippen molar-refractivity contribution in [2.24, 2.45) is 0 Å². The second-order valence-corrected chi connectivity index (χ2v) is 2.99. The summed E-state index contributed by atoms with van der Waals surface area (Å²) in [6.07, 6.45) is 8.13. The van der Waals surface area contributed by atoms with Crippen molar-refractivity contribution in [3.8, 4) is 0 Å². The Labute approximate surface area is 71.1 Å². The SMILES string of the molecule is C/C=C\c1ncsc1/C=C\C. The van der Waals surface area contributed by atoms with E-state index in [2.05, 4.69) is 11.1 Å². The van der Waals surface area contributed by atoms with Crippen molar-refractivity contribution in [3.05, 3.63) is 28.2 Å². The molecule has 0 unspecified atom stereocenters. The molecule has 58 valence electrons. The van der Waals surface area contributed by atoms with Gasteiger partial charge in [0.25, 0.3) is 0 Å². The van der Waals surface area contributed by atoms with Crippen LogP contribution in [0, 0.1) is 0 Å². The van der Waals surface area contributed by atoms with Crippen LogP contribution >= 0.6 is 11.3 Å². The van der Waals surface area contributed by atoms with E-state index in [1.807, 2.05) is 37.6 Å². The molecule has 0 fully saturated rings. The predicted molar refractivity (Wildman–Crippen MR) is 51.5 cm³/mol. The highest BCUT2D eigenvalue weighted by molar-refractivity contribution is 7.10. The Kier molecular flexibility index (Phi) is 3.05. The Morgan fingerprint density at radius 1 is 1.27 bits per heavy atom. The number of thiazole rings is 1. The third-order valence-corrected chi connectivity index (χ3v) is 2.08. The van der Waals surface area contributed by atoms with Crippen molar-refractivity contribution < 1.29 is 0 Å². The summed E-state index contributed by atoms with van der Waals surface area (Å²) < 4.78 is 0. The average molecular weight is 165 g/mol. The van der Waals surface area contributed by atoms with Crippen molar-refractivity contribution >= 4 is 23.5 Å². The first-order valence-corrected chi connectivity index (χ1v) is 4.45. The molecule has 1 heterocycles. The van der Waals surface area contributed by atoms with Crippen LogP contribution in [0.3, 0.4) is 0 Å². The van der Waals surface area contributed by atoms with Crippen LogP contribution in [0.15, 0.2) is 17.7 Å². The third-order valence-electron chi connectivity index (χ3n) is 1.27. The molecular weight excluding hydrogens is 154 g/mol. The van der Waals surface area contributed by atoms with E-state index in [9.17, 15) is 0 Å². The van der Waals surface area contributed by atoms with E-state index in [0.717, 1.165) is 5.69 Å². The first kappa shape index (κ1) is 8.21. The van der Waals surface area contributed by atoms with Gasteiger partial charge in [-0.05, 0) is 26.0 Å². The van der Waals surface area contributed by atoms with Crippen LogP contribution in [-0.2, 0) is 0 Å². The number of hydrogen-bond donors (Lipinski definition) is 0. The van der Waals surface area contributed by atoms with Crippen LogP contribution in [0.4, 0.5) is 0 Å². The smallest absolute Gasteiger partial charge is 0.0808 e. The number of nitrogens with zero attached hydrogens (tertiary/aromatic N) is 1. The van der Waals surface area contributed by atoms with Crippen molar-refractivity contribution in [2.45, 2.75) is 13.8 Å². The lowest BCUT2D eigenvalue weighted by Crippen LogP contribution is -1.72. The Morgan fingerprint density at radius 2 is 2.00 bits per heavy atom. The number of hydrogen-bond acceptors (Lipinski definition) is 2. The lowest BCUT2D eigenvalue weighted by molar-refractivity contribution is 1.37. The van der Waals surface area contributed by atoms with Gasteiger partial charge in [-0.15, -0.1) is 11.3 Å². The molecule has 2 heteroatoms. The minimum Gasteiger partial charge on any atom is -0.245 e. The van der Waals surface area contributed by atoms with Crippen LogP contribution < -0.4 is 0 Å². The minimum atomic E-state index is 1.07. The highest BCUT2D eigenvalue weighted by Gasteiger charge is 1.96. The molecule has 1 nitrogen and oxygen atoms in total. The summed E-state index contributed by atoms with van der Waals surface area (Å²) in [6.45, 7) is 4.01. The molecule has 0 radical (unpaired) electrons. The molecule has 0 saturated carbocycles. The lowest BCUT2D eigenvalue weighted by atomic mass is 10.3. The highest BCUT2D eigenvalue weighted by Crippen LogP contribution is 2.16. The van der Waals surface area contributed by atoms with Crippen molar-refractivity contribution in [3.63, 3.8) is 0 Å². The van der Waals surface area contributed by atoms with E-state index in [4.69, 9.17) is 0 Å². The molecule has 0 aromatic carbocycles. The van der Waals surface area contributed by atoms with Crippen LogP contribution in [0.5, 0.6) is 0 Å². The zero-order valence-corrected chi connectivity index (χ0v) is 7.56. The second-order valence-electron chi connectivity index (χ2n) is 2.10.